The maximum Gasteiger partial charge on any atom is 0.281 e. The number of halogens is 2. The van der Waals surface area contributed by atoms with Crippen molar-refractivity contribution in [3.63, 3.8) is 0 Å². The van der Waals surface area contributed by atoms with Crippen LogP contribution in [-0.2, 0) is 6.61 Å². The number of rotatable bonds is 4. The minimum atomic E-state index is -0.384. The summed E-state index contributed by atoms with van der Waals surface area (Å²) in [5.74, 6) is 0.554. The Balaban J connectivity index is 1.36. The highest BCUT2D eigenvalue weighted by molar-refractivity contribution is 7.17. The van der Waals surface area contributed by atoms with Crippen molar-refractivity contribution in [2.75, 3.05) is 7.11 Å². The molecule has 0 fully saturated rings. The average molecular weight is 468 g/mol. The van der Waals surface area contributed by atoms with Crippen LogP contribution in [0.5, 0.6) is 11.5 Å². The third-order valence-corrected chi connectivity index (χ3v) is 6.49. The number of aromatic nitrogens is 1. The molecule has 1 amide bonds. The van der Waals surface area contributed by atoms with E-state index in [4.69, 9.17) is 21.1 Å². The predicted molar refractivity (Wildman–Crippen MR) is 122 cm³/mol. The predicted octanol–water partition coefficient (Wildman–Crippen LogP) is 5.42. The first kappa shape index (κ1) is 20.4. The molecular weight excluding hydrogens is 453 g/mol. The molecule has 32 heavy (non-hydrogen) atoms. The van der Waals surface area contributed by atoms with Crippen molar-refractivity contribution in [1.82, 2.24) is 10.4 Å². The molecule has 0 atom stereocenters. The van der Waals surface area contributed by atoms with Gasteiger partial charge in [-0.1, -0.05) is 11.6 Å². The van der Waals surface area contributed by atoms with Crippen molar-refractivity contribution in [1.29, 1.82) is 0 Å². The van der Waals surface area contributed by atoms with Crippen LogP contribution in [0.2, 0.25) is 5.15 Å². The molecule has 3 heterocycles. The van der Waals surface area contributed by atoms with Crippen LogP contribution in [0.25, 0.3) is 21.3 Å². The molecule has 6 nitrogen and oxygen atoms in total. The summed E-state index contributed by atoms with van der Waals surface area (Å²) in [4.78, 5) is 18.2. The smallest absolute Gasteiger partial charge is 0.281 e. The molecule has 0 saturated carbocycles. The molecular formula is C23H15ClFN3O3S. The Morgan fingerprint density at radius 3 is 3.00 bits per heavy atom. The fourth-order valence-corrected chi connectivity index (χ4v) is 4.69. The molecule has 0 radical (unpaired) electrons. The van der Waals surface area contributed by atoms with Gasteiger partial charge in [-0.25, -0.2) is 14.8 Å². The van der Waals surface area contributed by atoms with Crippen LogP contribution in [0.1, 0.15) is 20.8 Å². The SMILES string of the molecule is COc1ccc2nc(Cl)c(/C=N/NC(=O)c3cc4c(s3)-c3cc(F)ccc3OC4)cc2c1. The van der Waals surface area contributed by atoms with Gasteiger partial charge in [-0.2, -0.15) is 5.10 Å². The van der Waals surface area contributed by atoms with Crippen molar-refractivity contribution in [2.24, 2.45) is 5.10 Å². The van der Waals surface area contributed by atoms with Crippen LogP contribution in [0.3, 0.4) is 0 Å². The second-order valence-corrected chi connectivity index (χ2v) is 8.43. The van der Waals surface area contributed by atoms with Crippen molar-refractivity contribution < 1.29 is 18.7 Å². The monoisotopic (exact) mass is 467 g/mol. The van der Waals surface area contributed by atoms with E-state index in [1.165, 1.54) is 29.7 Å². The quantitative estimate of drug-likeness (QED) is 0.247. The zero-order valence-corrected chi connectivity index (χ0v) is 18.3. The number of hydrogen-bond donors (Lipinski definition) is 1. The third-order valence-electron chi connectivity index (χ3n) is 4.97. The standard InChI is InChI=1S/C23H15ClFN3O3S/c1-30-16-3-4-18-12(7-16)6-13(22(24)27-18)10-26-28-23(29)20-8-14-11-31-19-5-2-15(25)9-17(19)21(14)32-20/h2-10H,11H2,1H3,(H,28,29)/b26-10+. The van der Waals surface area contributed by atoms with E-state index in [1.54, 1.807) is 25.3 Å². The number of ether oxygens (including phenoxy) is 2. The summed E-state index contributed by atoms with van der Waals surface area (Å²) in [5, 5.41) is 5.13. The van der Waals surface area contributed by atoms with Gasteiger partial charge in [-0.15, -0.1) is 11.3 Å². The first-order chi connectivity index (χ1) is 15.5. The van der Waals surface area contributed by atoms with Crippen molar-refractivity contribution in [3.05, 3.63) is 75.5 Å². The molecule has 1 aliphatic rings. The third kappa shape index (κ3) is 3.79. The molecule has 2 aromatic heterocycles. The Morgan fingerprint density at radius 1 is 1.28 bits per heavy atom. The van der Waals surface area contributed by atoms with Crippen LogP contribution in [0.15, 0.2) is 53.6 Å². The largest absolute Gasteiger partial charge is 0.497 e. The van der Waals surface area contributed by atoms with Crippen molar-refractivity contribution in [2.45, 2.75) is 6.61 Å². The van der Waals surface area contributed by atoms with Gasteiger partial charge in [-0.05, 0) is 48.5 Å². The average Bonchev–Trinajstić information content (AvgIpc) is 3.24. The van der Waals surface area contributed by atoms with Gasteiger partial charge in [0, 0.05) is 27.0 Å². The van der Waals surface area contributed by atoms with E-state index in [-0.39, 0.29) is 16.9 Å². The number of hydrazone groups is 1. The Labute approximate surface area is 191 Å². The van der Waals surface area contributed by atoms with Crippen molar-refractivity contribution in [3.8, 4) is 21.9 Å². The minimum absolute atomic E-state index is 0.267. The number of fused-ring (bicyclic) bond motifs is 4. The van der Waals surface area contributed by atoms with E-state index < -0.39 is 0 Å². The summed E-state index contributed by atoms with van der Waals surface area (Å²) in [7, 11) is 1.59. The fraction of sp³-hybridized carbons (Fsp3) is 0.0870. The number of nitrogens with zero attached hydrogens (tertiary/aromatic N) is 2. The van der Waals surface area contributed by atoms with Gasteiger partial charge in [0.2, 0.25) is 0 Å². The molecule has 0 saturated heterocycles. The molecule has 0 bridgehead atoms. The molecule has 9 heteroatoms. The number of amides is 1. The van der Waals surface area contributed by atoms with E-state index in [0.29, 0.717) is 34.1 Å². The van der Waals surface area contributed by atoms with Crippen LogP contribution in [0.4, 0.5) is 4.39 Å². The first-order valence-corrected chi connectivity index (χ1v) is 10.7. The van der Waals surface area contributed by atoms with E-state index >= 15 is 0 Å². The van der Waals surface area contributed by atoms with Gasteiger partial charge in [0.05, 0.1) is 23.7 Å². The lowest BCUT2D eigenvalue weighted by molar-refractivity contribution is 0.0959. The lowest BCUT2D eigenvalue weighted by Crippen LogP contribution is -2.16. The highest BCUT2D eigenvalue weighted by Gasteiger charge is 2.23. The molecule has 0 aliphatic carbocycles. The number of pyridine rings is 1. The second kappa shape index (κ2) is 8.22. The van der Waals surface area contributed by atoms with E-state index in [0.717, 1.165) is 21.3 Å². The number of benzene rings is 2. The summed E-state index contributed by atoms with van der Waals surface area (Å²) in [5.41, 5.74) is 5.25. The fourth-order valence-electron chi connectivity index (χ4n) is 3.42. The normalized spacial score (nSPS) is 12.3. The topological polar surface area (TPSA) is 72.8 Å². The maximum absolute atomic E-state index is 13.7. The minimum Gasteiger partial charge on any atom is -0.497 e. The van der Waals surface area contributed by atoms with Gasteiger partial charge < -0.3 is 9.47 Å². The number of nitrogens with one attached hydrogen (secondary N) is 1. The molecule has 4 aromatic rings. The lowest BCUT2D eigenvalue weighted by atomic mass is 10.1. The zero-order chi connectivity index (χ0) is 22.2. The molecule has 1 N–H and O–H groups in total. The molecule has 5 rings (SSSR count). The molecule has 1 aliphatic heterocycles. The van der Waals surface area contributed by atoms with Crippen LogP contribution < -0.4 is 14.9 Å². The summed E-state index contributed by atoms with van der Waals surface area (Å²) in [6, 6.07) is 13.4. The Hall–Kier alpha value is -3.49. The van der Waals surface area contributed by atoms with Crippen molar-refractivity contribution >= 4 is 46.0 Å². The van der Waals surface area contributed by atoms with E-state index in [2.05, 4.69) is 15.5 Å². The highest BCUT2D eigenvalue weighted by Crippen LogP contribution is 2.42. The first-order valence-electron chi connectivity index (χ1n) is 9.55. The van der Waals surface area contributed by atoms with Crippen LogP contribution in [0, 0.1) is 5.82 Å². The highest BCUT2D eigenvalue weighted by atomic mass is 35.5. The Morgan fingerprint density at radius 2 is 2.16 bits per heavy atom. The zero-order valence-electron chi connectivity index (χ0n) is 16.7. The Kier molecular flexibility index (Phi) is 5.24. The number of hydrogen-bond acceptors (Lipinski definition) is 6. The van der Waals surface area contributed by atoms with Gasteiger partial charge in [0.15, 0.2) is 0 Å². The molecule has 0 spiro atoms. The molecule has 160 valence electrons. The Bertz CT molecular complexity index is 1400. The molecule has 2 aromatic carbocycles. The van der Waals surface area contributed by atoms with Gasteiger partial charge in [0.25, 0.3) is 5.91 Å². The maximum atomic E-state index is 13.7. The summed E-state index contributed by atoms with van der Waals surface area (Å²) >= 11 is 7.51. The van der Waals surface area contributed by atoms with E-state index in [9.17, 15) is 9.18 Å². The number of carbonyl (C=O) groups excluding carboxylic acids is 1. The molecule has 0 unspecified atom stereocenters. The summed E-state index contributed by atoms with van der Waals surface area (Å²) < 4.78 is 24.6. The number of carbonyl (C=O) groups is 1. The van der Waals surface area contributed by atoms with Gasteiger partial charge in [-0.3, -0.25) is 4.79 Å². The lowest BCUT2D eigenvalue weighted by Gasteiger charge is -2.17. The number of thiophene rings is 1. The number of methoxy groups -OCH3 is 1. The van der Waals surface area contributed by atoms with Gasteiger partial charge >= 0.3 is 0 Å². The van der Waals surface area contributed by atoms with E-state index in [1.807, 2.05) is 18.2 Å². The second-order valence-electron chi connectivity index (χ2n) is 7.02. The van der Waals surface area contributed by atoms with Crippen LogP contribution >= 0.6 is 22.9 Å². The summed E-state index contributed by atoms with van der Waals surface area (Å²) in [6.45, 7) is 0.322. The summed E-state index contributed by atoms with van der Waals surface area (Å²) in [6.07, 6.45) is 1.44. The van der Waals surface area contributed by atoms with Crippen LogP contribution in [-0.4, -0.2) is 24.2 Å². The van der Waals surface area contributed by atoms with Gasteiger partial charge in [0.1, 0.15) is 29.1 Å².